The number of ether oxygens (including phenoxy) is 1. The van der Waals surface area contributed by atoms with Gasteiger partial charge in [0.1, 0.15) is 0 Å². The van der Waals surface area contributed by atoms with Gasteiger partial charge in [0, 0.05) is 25.3 Å². The second-order valence-corrected chi connectivity index (χ2v) is 6.27. The highest BCUT2D eigenvalue weighted by atomic mass is 16.5. The van der Waals surface area contributed by atoms with Crippen molar-refractivity contribution in [3.63, 3.8) is 0 Å². The van der Waals surface area contributed by atoms with Crippen LogP contribution < -0.4 is 10.2 Å². The number of carbonyl (C=O) groups excluding carboxylic acids is 2. The van der Waals surface area contributed by atoms with Crippen LogP contribution in [0.25, 0.3) is 0 Å². The van der Waals surface area contributed by atoms with Crippen molar-refractivity contribution in [1.29, 1.82) is 0 Å². The summed E-state index contributed by atoms with van der Waals surface area (Å²) in [5, 5.41) is 2.69. The van der Waals surface area contributed by atoms with E-state index < -0.39 is 0 Å². The zero-order valence-corrected chi connectivity index (χ0v) is 14.0. The molecule has 0 fully saturated rings. The number of nitrogens with one attached hydrogen (secondary N) is 1. The van der Waals surface area contributed by atoms with Crippen molar-refractivity contribution in [3.8, 4) is 0 Å². The molecule has 0 aliphatic carbocycles. The molecule has 2 rings (SSSR count). The van der Waals surface area contributed by atoms with Gasteiger partial charge in [0.15, 0.2) is 0 Å². The summed E-state index contributed by atoms with van der Waals surface area (Å²) in [6.45, 7) is 5.92. The standard InChI is InChI=1S/C18H26N2O3/c1-14(2)13-23-11-9-17(21)19-12-18(22)20-10-5-7-15-6-3-4-8-16(15)20/h3-4,6,8,14H,5,7,9-13H2,1-2H3,(H,19,21). The first-order valence-corrected chi connectivity index (χ1v) is 8.30. The van der Waals surface area contributed by atoms with Crippen LogP contribution in [-0.4, -0.2) is 38.1 Å². The Morgan fingerprint density at radius 2 is 2.09 bits per heavy atom. The van der Waals surface area contributed by atoms with Crippen LogP contribution in [0.4, 0.5) is 5.69 Å². The van der Waals surface area contributed by atoms with Crippen molar-refractivity contribution in [2.75, 3.05) is 31.2 Å². The molecule has 2 amide bonds. The van der Waals surface area contributed by atoms with Gasteiger partial charge in [-0.15, -0.1) is 0 Å². The summed E-state index contributed by atoms with van der Waals surface area (Å²) in [6.07, 6.45) is 2.25. The van der Waals surface area contributed by atoms with E-state index in [9.17, 15) is 9.59 Å². The predicted octanol–water partition coefficient (Wildman–Crippen LogP) is 2.14. The van der Waals surface area contributed by atoms with Crippen LogP contribution in [0, 0.1) is 5.92 Å². The fraction of sp³-hybridized carbons (Fsp3) is 0.556. The molecule has 0 radical (unpaired) electrons. The number of nitrogens with zero attached hydrogens (tertiary/aromatic N) is 1. The minimum Gasteiger partial charge on any atom is -0.381 e. The van der Waals surface area contributed by atoms with Crippen LogP contribution in [-0.2, 0) is 20.7 Å². The molecule has 0 atom stereocenters. The van der Waals surface area contributed by atoms with Gasteiger partial charge in [-0.2, -0.15) is 0 Å². The maximum Gasteiger partial charge on any atom is 0.246 e. The molecular formula is C18H26N2O3. The Morgan fingerprint density at radius 1 is 1.30 bits per heavy atom. The Balaban J connectivity index is 1.76. The minimum absolute atomic E-state index is 0.0390. The van der Waals surface area contributed by atoms with Crippen molar-refractivity contribution < 1.29 is 14.3 Å². The third kappa shape index (κ3) is 5.36. The average molecular weight is 318 g/mol. The Morgan fingerprint density at radius 3 is 2.87 bits per heavy atom. The molecule has 1 aromatic carbocycles. The van der Waals surface area contributed by atoms with E-state index in [0.29, 0.717) is 25.7 Å². The highest BCUT2D eigenvalue weighted by Gasteiger charge is 2.22. The number of rotatable bonds is 7. The molecule has 0 saturated carbocycles. The van der Waals surface area contributed by atoms with Gasteiger partial charge in [0.25, 0.3) is 0 Å². The second kappa shape index (κ2) is 8.67. The Labute approximate surface area is 138 Å². The molecule has 0 bridgehead atoms. The second-order valence-electron chi connectivity index (χ2n) is 6.27. The smallest absolute Gasteiger partial charge is 0.246 e. The Hall–Kier alpha value is -1.88. The number of anilines is 1. The first-order chi connectivity index (χ1) is 11.1. The normalized spacial score (nSPS) is 13.8. The van der Waals surface area contributed by atoms with Crippen LogP contribution in [0.15, 0.2) is 24.3 Å². The number of fused-ring (bicyclic) bond motifs is 1. The highest BCUT2D eigenvalue weighted by Crippen LogP contribution is 2.26. The van der Waals surface area contributed by atoms with E-state index in [4.69, 9.17) is 4.74 Å². The topological polar surface area (TPSA) is 58.6 Å². The van der Waals surface area contributed by atoms with Crippen molar-refractivity contribution in [2.24, 2.45) is 5.92 Å². The molecule has 0 aromatic heterocycles. The number of amides is 2. The largest absolute Gasteiger partial charge is 0.381 e. The lowest BCUT2D eigenvalue weighted by atomic mass is 10.0. The van der Waals surface area contributed by atoms with Gasteiger partial charge >= 0.3 is 0 Å². The number of benzene rings is 1. The molecule has 0 saturated heterocycles. The van der Waals surface area contributed by atoms with Crippen molar-refractivity contribution in [2.45, 2.75) is 33.1 Å². The molecule has 1 heterocycles. The van der Waals surface area contributed by atoms with Gasteiger partial charge in [-0.05, 0) is 30.4 Å². The van der Waals surface area contributed by atoms with Crippen LogP contribution in [0.5, 0.6) is 0 Å². The molecule has 126 valence electrons. The first kappa shape index (κ1) is 17.5. The fourth-order valence-corrected chi connectivity index (χ4v) is 2.63. The molecule has 5 heteroatoms. The maximum absolute atomic E-state index is 12.4. The lowest BCUT2D eigenvalue weighted by molar-refractivity contribution is -0.125. The van der Waals surface area contributed by atoms with Gasteiger partial charge in [-0.1, -0.05) is 32.0 Å². The highest BCUT2D eigenvalue weighted by molar-refractivity contribution is 5.97. The molecule has 0 spiro atoms. The quantitative estimate of drug-likeness (QED) is 0.784. The molecule has 1 N–H and O–H groups in total. The molecule has 1 aliphatic heterocycles. The Bertz CT molecular complexity index is 543. The zero-order valence-electron chi connectivity index (χ0n) is 14.0. The summed E-state index contributed by atoms with van der Waals surface area (Å²) in [5.74, 6) is 0.250. The SMILES string of the molecule is CC(C)COCCC(=O)NCC(=O)N1CCCc2ccccc21. The van der Waals surface area contributed by atoms with Crippen LogP contribution in [0.3, 0.4) is 0 Å². The summed E-state index contributed by atoms with van der Waals surface area (Å²) in [5.41, 5.74) is 2.17. The lowest BCUT2D eigenvalue weighted by Crippen LogP contribution is -2.42. The van der Waals surface area contributed by atoms with E-state index in [2.05, 4.69) is 25.2 Å². The number of hydrogen-bond donors (Lipinski definition) is 1. The lowest BCUT2D eigenvalue weighted by Gasteiger charge is -2.29. The molecule has 1 aromatic rings. The van der Waals surface area contributed by atoms with E-state index in [1.807, 2.05) is 18.2 Å². The third-order valence-electron chi connectivity index (χ3n) is 3.77. The van der Waals surface area contributed by atoms with Gasteiger partial charge in [-0.25, -0.2) is 0 Å². The monoisotopic (exact) mass is 318 g/mol. The van der Waals surface area contributed by atoms with E-state index in [1.165, 1.54) is 5.56 Å². The number of para-hydroxylation sites is 1. The number of aryl methyl sites for hydroxylation is 1. The molecule has 23 heavy (non-hydrogen) atoms. The first-order valence-electron chi connectivity index (χ1n) is 8.30. The van der Waals surface area contributed by atoms with E-state index in [1.54, 1.807) is 4.90 Å². The summed E-state index contributed by atoms with van der Waals surface area (Å²) in [4.78, 5) is 25.9. The molecule has 5 nitrogen and oxygen atoms in total. The molecular weight excluding hydrogens is 292 g/mol. The van der Waals surface area contributed by atoms with Crippen molar-refractivity contribution >= 4 is 17.5 Å². The van der Waals surface area contributed by atoms with Crippen LogP contribution in [0.2, 0.25) is 0 Å². The van der Waals surface area contributed by atoms with Gasteiger partial charge in [0.2, 0.25) is 11.8 Å². The number of hydrogen-bond acceptors (Lipinski definition) is 3. The van der Waals surface area contributed by atoms with E-state index in [0.717, 1.165) is 18.5 Å². The molecule has 0 unspecified atom stereocenters. The predicted molar refractivity (Wildman–Crippen MR) is 90.4 cm³/mol. The summed E-state index contributed by atoms with van der Waals surface area (Å²) >= 11 is 0. The summed E-state index contributed by atoms with van der Waals surface area (Å²) in [6, 6.07) is 7.95. The van der Waals surface area contributed by atoms with E-state index >= 15 is 0 Å². The van der Waals surface area contributed by atoms with Crippen LogP contribution in [0.1, 0.15) is 32.3 Å². The molecule has 1 aliphatic rings. The average Bonchev–Trinajstić information content (AvgIpc) is 2.56. The summed E-state index contributed by atoms with van der Waals surface area (Å²) < 4.78 is 5.38. The maximum atomic E-state index is 12.4. The van der Waals surface area contributed by atoms with Gasteiger partial charge < -0.3 is 15.0 Å². The Kier molecular flexibility index (Phi) is 6.59. The zero-order chi connectivity index (χ0) is 16.7. The van der Waals surface area contributed by atoms with Gasteiger partial charge in [0.05, 0.1) is 13.2 Å². The summed E-state index contributed by atoms with van der Waals surface area (Å²) in [7, 11) is 0. The van der Waals surface area contributed by atoms with E-state index in [-0.39, 0.29) is 24.8 Å². The third-order valence-corrected chi connectivity index (χ3v) is 3.77. The number of carbonyl (C=O) groups is 2. The van der Waals surface area contributed by atoms with Crippen molar-refractivity contribution in [3.05, 3.63) is 29.8 Å². The van der Waals surface area contributed by atoms with Gasteiger partial charge in [-0.3, -0.25) is 9.59 Å². The minimum atomic E-state index is -0.146. The van der Waals surface area contributed by atoms with Crippen molar-refractivity contribution in [1.82, 2.24) is 5.32 Å². The van der Waals surface area contributed by atoms with Crippen LogP contribution >= 0.6 is 0 Å². The fourth-order valence-electron chi connectivity index (χ4n) is 2.63.